The summed E-state index contributed by atoms with van der Waals surface area (Å²) in [4.78, 5) is 11.3. The average Bonchev–Trinajstić information content (AvgIpc) is 2.14. The summed E-state index contributed by atoms with van der Waals surface area (Å²) in [5.74, 6) is 4.49. The molecule has 0 spiro atoms. The predicted molar refractivity (Wildman–Crippen MR) is 54.5 cm³/mol. The second-order valence-electron chi connectivity index (χ2n) is 3.42. The number of hydrazine groups is 1. The van der Waals surface area contributed by atoms with Crippen LogP contribution in [0.15, 0.2) is 11.4 Å². The van der Waals surface area contributed by atoms with E-state index in [1.54, 1.807) is 6.92 Å². The standard InChI is InChI=1S/C9H15F2N3O3/c1-2-17-9(15)6(12)7(8(10)11)14(13)5-3-16-4-5/h5,8H,2-4,12-13H2,1H3/b7-6-. The molecule has 1 aliphatic heterocycles. The van der Waals surface area contributed by atoms with E-state index in [2.05, 4.69) is 4.74 Å². The number of esters is 1. The first-order valence-electron chi connectivity index (χ1n) is 5.05. The van der Waals surface area contributed by atoms with Gasteiger partial charge in [-0.15, -0.1) is 0 Å². The van der Waals surface area contributed by atoms with Crippen LogP contribution in [0.3, 0.4) is 0 Å². The third-order valence-electron chi connectivity index (χ3n) is 2.27. The Labute approximate surface area is 97.1 Å². The monoisotopic (exact) mass is 251 g/mol. The largest absolute Gasteiger partial charge is 0.461 e. The molecule has 1 aliphatic rings. The number of carbonyl (C=O) groups excluding carboxylic acids is 1. The van der Waals surface area contributed by atoms with Gasteiger partial charge in [-0.05, 0) is 6.92 Å². The second-order valence-corrected chi connectivity index (χ2v) is 3.42. The van der Waals surface area contributed by atoms with Crippen molar-refractivity contribution in [3.8, 4) is 0 Å². The van der Waals surface area contributed by atoms with E-state index in [4.69, 9.17) is 16.3 Å². The lowest BCUT2D eigenvalue weighted by molar-refractivity contribution is -0.139. The van der Waals surface area contributed by atoms with E-state index in [1.807, 2.05) is 0 Å². The number of nitrogens with zero attached hydrogens (tertiary/aromatic N) is 1. The highest BCUT2D eigenvalue weighted by Crippen LogP contribution is 2.20. The van der Waals surface area contributed by atoms with Crippen LogP contribution < -0.4 is 11.6 Å². The number of hydrogen-bond acceptors (Lipinski definition) is 6. The summed E-state index contributed by atoms with van der Waals surface area (Å²) in [7, 11) is 0. The van der Waals surface area contributed by atoms with Gasteiger partial charge >= 0.3 is 5.97 Å². The van der Waals surface area contributed by atoms with E-state index in [1.165, 1.54) is 0 Å². The molecule has 0 amide bonds. The fourth-order valence-electron chi connectivity index (χ4n) is 1.26. The molecule has 0 bridgehead atoms. The Balaban J connectivity index is 2.89. The summed E-state index contributed by atoms with van der Waals surface area (Å²) >= 11 is 0. The Hall–Kier alpha value is -1.41. The zero-order chi connectivity index (χ0) is 13.0. The third-order valence-corrected chi connectivity index (χ3v) is 2.27. The van der Waals surface area contributed by atoms with Crippen LogP contribution in [0.4, 0.5) is 8.78 Å². The SMILES string of the molecule is CCOC(=O)/C(N)=C(\C(F)F)N(N)C1COC1. The molecule has 0 radical (unpaired) electrons. The fourth-order valence-corrected chi connectivity index (χ4v) is 1.26. The van der Waals surface area contributed by atoms with Crippen molar-refractivity contribution in [2.45, 2.75) is 19.4 Å². The fraction of sp³-hybridized carbons (Fsp3) is 0.667. The summed E-state index contributed by atoms with van der Waals surface area (Å²) < 4.78 is 35.0. The molecule has 0 saturated carbocycles. The van der Waals surface area contributed by atoms with Crippen LogP contribution in [0, 0.1) is 0 Å². The maximum atomic E-state index is 12.8. The van der Waals surface area contributed by atoms with Crippen LogP contribution in [0.5, 0.6) is 0 Å². The van der Waals surface area contributed by atoms with Gasteiger partial charge in [-0.1, -0.05) is 0 Å². The molecule has 98 valence electrons. The van der Waals surface area contributed by atoms with E-state index in [9.17, 15) is 13.6 Å². The van der Waals surface area contributed by atoms with Crippen molar-refractivity contribution < 1.29 is 23.0 Å². The van der Waals surface area contributed by atoms with Gasteiger partial charge in [-0.3, -0.25) is 5.01 Å². The zero-order valence-electron chi connectivity index (χ0n) is 9.36. The normalized spacial score (nSPS) is 17.5. The maximum Gasteiger partial charge on any atom is 0.356 e. The van der Waals surface area contributed by atoms with E-state index in [-0.39, 0.29) is 19.8 Å². The van der Waals surface area contributed by atoms with E-state index >= 15 is 0 Å². The highest BCUT2D eigenvalue weighted by molar-refractivity contribution is 5.88. The molecule has 17 heavy (non-hydrogen) atoms. The van der Waals surface area contributed by atoms with Gasteiger partial charge in [0.25, 0.3) is 6.43 Å². The van der Waals surface area contributed by atoms with Crippen LogP contribution in [0.2, 0.25) is 0 Å². The lowest BCUT2D eigenvalue weighted by Crippen LogP contribution is -2.54. The van der Waals surface area contributed by atoms with Crippen molar-refractivity contribution in [3.63, 3.8) is 0 Å². The number of hydrogen-bond donors (Lipinski definition) is 2. The molecule has 0 aromatic carbocycles. The first-order chi connectivity index (χ1) is 7.99. The third kappa shape index (κ3) is 3.04. The van der Waals surface area contributed by atoms with Gasteiger partial charge in [-0.25, -0.2) is 19.4 Å². The number of alkyl halides is 2. The van der Waals surface area contributed by atoms with Crippen molar-refractivity contribution in [1.82, 2.24) is 5.01 Å². The smallest absolute Gasteiger partial charge is 0.356 e. The molecule has 6 nitrogen and oxygen atoms in total. The minimum atomic E-state index is -2.95. The van der Waals surface area contributed by atoms with E-state index in [0.717, 1.165) is 5.01 Å². The summed E-state index contributed by atoms with van der Waals surface area (Å²) in [5, 5.41) is 0.778. The number of nitrogens with two attached hydrogens (primary N) is 2. The van der Waals surface area contributed by atoms with Crippen LogP contribution in [-0.4, -0.2) is 43.3 Å². The summed E-state index contributed by atoms with van der Waals surface area (Å²) in [6, 6.07) is -0.396. The molecule has 0 atom stereocenters. The quantitative estimate of drug-likeness (QED) is 0.298. The van der Waals surface area contributed by atoms with Crippen LogP contribution in [-0.2, 0) is 14.3 Å². The van der Waals surface area contributed by atoms with Crippen molar-refractivity contribution in [1.29, 1.82) is 0 Å². The molecule has 0 aliphatic carbocycles. The molecular weight excluding hydrogens is 236 g/mol. The molecule has 4 N–H and O–H groups in total. The Morgan fingerprint density at radius 2 is 2.18 bits per heavy atom. The molecule has 1 rings (SSSR count). The van der Waals surface area contributed by atoms with Crippen molar-refractivity contribution in [3.05, 3.63) is 11.4 Å². The Morgan fingerprint density at radius 1 is 1.59 bits per heavy atom. The summed E-state index contributed by atoms with van der Waals surface area (Å²) in [6.45, 7) is 2.05. The maximum absolute atomic E-state index is 12.8. The Morgan fingerprint density at radius 3 is 2.53 bits per heavy atom. The molecule has 0 aromatic rings. The van der Waals surface area contributed by atoms with Crippen LogP contribution in [0.25, 0.3) is 0 Å². The molecule has 1 fully saturated rings. The molecule has 1 saturated heterocycles. The minimum Gasteiger partial charge on any atom is -0.461 e. The van der Waals surface area contributed by atoms with E-state index < -0.39 is 29.8 Å². The van der Waals surface area contributed by atoms with Gasteiger partial charge in [0.2, 0.25) is 0 Å². The zero-order valence-corrected chi connectivity index (χ0v) is 9.36. The number of ether oxygens (including phenoxy) is 2. The lowest BCUT2D eigenvalue weighted by atomic mass is 10.2. The number of rotatable bonds is 5. The topological polar surface area (TPSA) is 90.8 Å². The predicted octanol–water partition coefficient (Wildman–Crippen LogP) is -0.441. The second kappa shape index (κ2) is 5.78. The Kier molecular flexibility index (Phi) is 4.64. The average molecular weight is 251 g/mol. The van der Waals surface area contributed by atoms with Gasteiger partial charge < -0.3 is 15.2 Å². The lowest BCUT2D eigenvalue weighted by Gasteiger charge is -2.36. The molecule has 8 heteroatoms. The van der Waals surface area contributed by atoms with Crippen LogP contribution in [0.1, 0.15) is 6.92 Å². The molecular formula is C9H15F2N3O3. The van der Waals surface area contributed by atoms with Crippen molar-refractivity contribution >= 4 is 5.97 Å². The van der Waals surface area contributed by atoms with Crippen molar-refractivity contribution in [2.24, 2.45) is 11.6 Å². The number of halogens is 2. The molecule has 0 aromatic heterocycles. The van der Waals surface area contributed by atoms with E-state index in [0.29, 0.717) is 0 Å². The van der Waals surface area contributed by atoms with Crippen molar-refractivity contribution in [2.75, 3.05) is 19.8 Å². The van der Waals surface area contributed by atoms with Gasteiger partial charge in [0.15, 0.2) is 0 Å². The van der Waals surface area contributed by atoms with Gasteiger partial charge in [0.05, 0.1) is 25.9 Å². The highest BCUT2D eigenvalue weighted by atomic mass is 19.3. The minimum absolute atomic E-state index is 0.0488. The number of carbonyl (C=O) groups is 1. The van der Waals surface area contributed by atoms with Gasteiger partial charge in [0, 0.05) is 0 Å². The Bertz CT molecular complexity index is 319. The van der Waals surface area contributed by atoms with Gasteiger partial charge in [-0.2, -0.15) is 0 Å². The summed E-state index contributed by atoms with van der Waals surface area (Å²) in [6.07, 6.45) is -2.95. The van der Waals surface area contributed by atoms with Crippen LogP contribution >= 0.6 is 0 Å². The first kappa shape index (κ1) is 13.7. The first-order valence-corrected chi connectivity index (χ1v) is 5.05. The molecule has 1 heterocycles. The summed E-state index contributed by atoms with van der Waals surface area (Å²) in [5.41, 5.74) is 3.93. The molecule has 0 unspecified atom stereocenters. The van der Waals surface area contributed by atoms with Gasteiger partial charge in [0.1, 0.15) is 11.4 Å². The number of allylic oxidation sites excluding steroid dienone is 1. The highest BCUT2D eigenvalue weighted by Gasteiger charge is 2.33.